The Morgan fingerprint density at radius 2 is 2.07 bits per heavy atom. The van der Waals surface area contributed by atoms with Crippen molar-refractivity contribution < 1.29 is 18.9 Å². The Bertz CT molecular complexity index is 288. The van der Waals surface area contributed by atoms with Gasteiger partial charge in [-0.2, -0.15) is 0 Å². The minimum atomic E-state index is -1.16. The Morgan fingerprint density at radius 1 is 1.47 bits per heavy atom. The fourth-order valence-corrected chi connectivity index (χ4v) is 1.54. The molecule has 0 aliphatic carbocycles. The van der Waals surface area contributed by atoms with Crippen molar-refractivity contribution in [1.29, 1.82) is 0 Å². The molecule has 15 heavy (non-hydrogen) atoms. The average Bonchev–Trinajstić information content (AvgIpc) is 2.11. The second kappa shape index (κ2) is 7.17. The molecule has 2 atom stereocenters. The van der Waals surface area contributed by atoms with Crippen molar-refractivity contribution in [3.05, 3.63) is 12.2 Å². The highest BCUT2D eigenvalue weighted by Gasteiger charge is 2.05. The van der Waals surface area contributed by atoms with Gasteiger partial charge < -0.3 is 10.4 Å². The second-order valence-corrected chi connectivity index (χ2v) is 4.70. The first kappa shape index (κ1) is 13.8. The summed E-state index contributed by atoms with van der Waals surface area (Å²) in [6.07, 6.45) is 3.94. The first-order valence-corrected chi connectivity index (χ1v) is 6.16. The van der Waals surface area contributed by atoms with E-state index in [1.807, 2.05) is 0 Å². The SMILES string of the molecule is CC(CCS(C)=O)NC(=O)/C=C/C(=O)O. The predicted molar refractivity (Wildman–Crippen MR) is 57.9 cm³/mol. The van der Waals surface area contributed by atoms with Gasteiger partial charge in [0.1, 0.15) is 0 Å². The van der Waals surface area contributed by atoms with Crippen molar-refractivity contribution in [3.8, 4) is 0 Å². The number of aliphatic carboxylic acids is 1. The zero-order valence-electron chi connectivity index (χ0n) is 8.73. The number of hydrogen-bond acceptors (Lipinski definition) is 3. The van der Waals surface area contributed by atoms with E-state index in [1.165, 1.54) is 0 Å². The van der Waals surface area contributed by atoms with E-state index in [-0.39, 0.29) is 6.04 Å². The van der Waals surface area contributed by atoms with Crippen LogP contribution < -0.4 is 5.32 Å². The summed E-state index contributed by atoms with van der Waals surface area (Å²) in [5.74, 6) is -1.09. The molecule has 0 aliphatic rings. The van der Waals surface area contributed by atoms with Crippen LogP contribution in [-0.2, 0) is 20.4 Å². The molecule has 0 heterocycles. The van der Waals surface area contributed by atoms with Gasteiger partial charge in [0.15, 0.2) is 0 Å². The van der Waals surface area contributed by atoms with E-state index in [4.69, 9.17) is 5.11 Å². The Kier molecular flexibility index (Phi) is 6.61. The minimum Gasteiger partial charge on any atom is -0.478 e. The summed E-state index contributed by atoms with van der Waals surface area (Å²) in [7, 11) is -0.875. The predicted octanol–water partition coefficient (Wildman–Crippen LogP) is -0.0995. The van der Waals surface area contributed by atoms with Crippen LogP contribution in [0, 0.1) is 0 Å². The number of hydrogen-bond donors (Lipinski definition) is 2. The van der Waals surface area contributed by atoms with E-state index in [9.17, 15) is 13.8 Å². The number of carbonyl (C=O) groups is 2. The fraction of sp³-hybridized carbons (Fsp3) is 0.556. The number of nitrogens with one attached hydrogen (secondary N) is 1. The van der Waals surface area contributed by atoms with Gasteiger partial charge in [-0.25, -0.2) is 4.79 Å². The van der Waals surface area contributed by atoms with Gasteiger partial charge >= 0.3 is 5.97 Å². The van der Waals surface area contributed by atoms with E-state index < -0.39 is 22.7 Å². The average molecular weight is 233 g/mol. The van der Waals surface area contributed by atoms with Crippen LogP contribution in [-0.4, -0.2) is 39.2 Å². The second-order valence-electron chi connectivity index (χ2n) is 3.15. The number of amides is 1. The lowest BCUT2D eigenvalue weighted by atomic mass is 10.2. The summed E-state index contributed by atoms with van der Waals surface area (Å²) >= 11 is 0. The van der Waals surface area contributed by atoms with Crippen molar-refractivity contribution in [2.24, 2.45) is 0 Å². The van der Waals surface area contributed by atoms with E-state index in [0.717, 1.165) is 12.2 Å². The molecule has 2 N–H and O–H groups in total. The van der Waals surface area contributed by atoms with Crippen molar-refractivity contribution >= 4 is 22.7 Å². The van der Waals surface area contributed by atoms with Crippen LogP contribution in [0.2, 0.25) is 0 Å². The number of rotatable bonds is 6. The Morgan fingerprint density at radius 3 is 2.53 bits per heavy atom. The standard InChI is InChI=1S/C9H15NO4S/c1-7(5-6-15(2)14)10-8(11)3-4-9(12)13/h3-4,7H,5-6H2,1-2H3,(H,10,11)(H,12,13)/b4-3+. The topological polar surface area (TPSA) is 83.5 Å². The molecule has 0 spiro atoms. The lowest BCUT2D eigenvalue weighted by Gasteiger charge is -2.10. The summed E-state index contributed by atoms with van der Waals surface area (Å²) < 4.78 is 10.8. The van der Waals surface area contributed by atoms with E-state index in [0.29, 0.717) is 12.2 Å². The molecular weight excluding hydrogens is 218 g/mol. The van der Waals surface area contributed by atoms with Crippen LogP contribution in [0.1, 0.15) is 13.3 Å². The molecule has 0 rings (SSSR count). The molecule has 5 nitrogen and oxygen atoms in total. The van der Waals surface area contributed by atoms with Gasteiger partial charge in [-0.1, -0.05) is 0 Å². The van der Waals surface area contributed by atoms with Crippen molar-refractivity contribution in [1.82, 2.24) is 5.32 Å². The maximum Gasteiger partial charge on any atom is 0.328 e. The zero-order chi connectivity index (χ0) is 11.8. The highest BCUT2D eigenvalue weighted by atomic mass is 32.2. The number of carboxylic acids is 1. The smallest absolute Gasteiger partial charge is 0.328 e. The fourth-order valence-electron chi connectivity index (χ4n) is 0.853. The molecule has 0 aromatic heterocycles. The molecule has 0 radical (unpaired) electrons. The van der Waals surface area contributed by atoms with Crippen LogP contribution in [0.25, 0.3) is 0 Å². The maximum atomic E-state index is 11.1. The van der Waals surface area contributed by atoms with Gasteiger partial charge in [0.2, 0.25) is 5.91 Å². The lowest BCUT2D eigenvalue weighted by Crippen LogP contribution is -2.32. The molecule has 0 aliphatic heterocycles. The van der Waals surface area contributed by atoms with Crippen LogP contribution in [0.4, 0.5) is 0 Å². The summed E-state index contributed by atoms with van der Waals surface area (Å²) in [6, 6.07) is -0.111. The molecule has 0 bridgehead atoms. The molecular formula is C9H15NO4S. The lowest BCUT2D eigenvalue weighted by molar-refractivity contribution is -0.131. The van der Waals surface area contributed by atoms with Gasteiger partial charge in [-0.3, -0.25) is 9.00 Å². The third-order valence-corrected chi connectivity index (χ3v) is 2.41. The summed E-state index contributed by atoms with van der Waals surface area (Å²) in [6.45, 7) is 1.78. The normalized spacial score (nSPS) is 14.8. The van der Waals surface area contributed by atoms with Crippen molar-refractivity contribution in [2.45, 2.75) is 19.4 Å². The summed E-state index contributed by atoms with van der Waals surface area (Å²) in [5.41, 5.74) is 0. The molecule has 2 unspecified atom stereocenters. The molecule has 0 aromatic rings. The highest BCUT2D eigenvalue weighted by Crippen LogP contribution is 1.92. The molecule has 0 saturated carbocycles. The van der Waals surface area contributed by atoms with Gasteiger partial charge in [0.25, 0.3) is 0 Å². The zero-order valence-corrected chi connectivity index (χ0v) is 9.54. The number of carbonyl (C=O) groups excluding carboxylic acids is 1. The van der Waals surface area contributed by atoms with Crippen LogP contribution >= 0.6 is 0 Å². The molecule has 0 fully saturated rings. The maximum absolute atomic E-state index is 11.1. The summed E-state index contributed by atoms with van der Waals surface area (Å²) in [5, 5.41) is 10.8. The Hall–Kier alpha value is -1.17. The van der Waals surface area contributed by atoms with E-state index in [2.05, 4.69) is 5.32 Å². The first-order chi connectivity index (χ1) is 6.91. The molecule has 86 valence electrons. The van der Waals surface area contributed by atoms with Gasteiger partial charge in [-0.15, -0.1) is 0 Å². The number of carboxylic acid groups (broad SMARTS) is 1. The molecule has 1 amide bonds. The van der Waals surface area contributed by atoms with Gasteiger partial charge in [0.05, 0.1) is 0 Å². The quantitative estimate of drug-likeness (QED) is 0.627. The third-order valence-electron chi connectivity index (χ3n) is 1.60. The Labute approximate surface area is 91.0 Å². The summed E-state index contributed by atoms with van der Waals surface area (Å²) in [4.78, 5) is 21.2. The highest BCUT2D eigenvalue weighted by molar-refractivity contribution is 7.84. The third kappa shape index (κ3) is 9.14. The van der Waals surface area contributed by atoms with E-state index in [1.54, 1.807) is 13.2 Å². The van der Waals surface area contributed by atoms with Crippen molar-refractivity contribution in [2.75, 3.05) is 12.0 Å². The van der Waals surface area contributed by atoms with Gasteiger partial charge in [0, 0.05) is 41.0 Å². The van der Waals surface area contributed by atoms with Crippen LogP contribution in [0.3, 0.4) is 0 Å². The first-order valence-electron chi connectivity index (χ1n) is 4.43. The monoisotopic (exact) mass is 233 g/mol. The molecule has 6 heteroatoms. The van der Waals surface area contributed by atoms with E-state index >= 15 is 0 Å². The van der Waals surface area contributed by atoms with Crippen LogP contribution in [0.15, 0.2) is 12.2 Å². The Balaban J connectivity index is 3.86. The molecule has 0 aromatic carbocycles. The molecule has 0 saturated heterocycles. The van der Waals surface area contributed by atoms with Gasteiger partial charge in [-0.05, 0) is 13.3 Å². The minimum absolute atomic E-state index is 0.111. The van der Waals surface area contributed by atoms with Crippen LogP contribution in [0.5, 0.6) is 0 Å². The largest absolute Gasteiger partial charge is 0.478 e. The van der Waals surface area contributed by atoms with Crippen molar-refractivity contribution in [3.63, 3.8) is 0 Å².